The van der Waals surface area contributed by atoms with Gasteiger partial charge in [-0.05, 0) is 61.2 Å². The van der Waals surface area contributed by atoms with Crippen molar-refractivity contribution in [3.05, 3.63) is 59.9 Å². The van der Waals surface area contributed by atoms with Crippen LogP contribution >= 0.6 is 0 Å². The maximum absolute atomic E-state index is 12.2. The minimum Gasteiger partial charge on any atom is -0.497 e. The van der Waals surface area contributed by atoms with Crippen molar-refractivity contribution in [2.75, 3.05) is 7.11 Å². The molecule has 5 nitrogen and oxygen atoms in total. The van der Waals surface area contributed by atoms with Gasteiger partial charge in [0.15, 0.2) is 0 Å². The smallest absolute Gasteiger partial charge is 0.314 e. The van der Waals surface area contributed by atoms with Crippen molar-refractivity contribution >= 4 is 11.9 Å². The van der Waals surface area contributed by atoms with Gasteiger partial charge in [-0.15, -0.1) is 0 Å². The highest BCUT2D eigenvalue weighted by molar-refractivity contribution is 5.75. The molecule has 0 bridgehead atoms. The summed E-state index contributed by atoms with van der Waals surface area (Å²) in [4.78, 5) is 23.0. The van der Waals surface area contributed by atoms with E-state index in [1.807, 2.05) is 6.07 Å². The Morgan fingerprint density at radius 1 is 0.970 bits per heavy atom. The van der Waals surface area contributed by atoms with Crippen molar-refractivity contribution < 1.29 is 28.6 Å². The first-order valence-corrected chi connectivity index (χ1v) is 11.7. The number of rotatable bonds is 6. The van der Waals surface area contributed by atoms with Crippen LogP contribution in [0, 0.1) is 17.7 Å². The zero-order chi connectivity index (χ0) is 24.1. The molecule has 1 atom stereocenters. The quantitative estimate of drug-likeness (QED) is 0.398. The van der Waals surface area contributed by atoms with Crippen LogP contribution in [0.25, 0.3) is 0 Å². The van der Waals surface area contributed by atoms with Gasteiger partial charge in [0.2, 0.25) is 0 Å². The lowest BCUT2D eigenvalue weighted by atomic mass is 9.89. The predicted octanol–water partition coefficient (Wildman–Crippen LogP) is 6.44. The monoisotopic (exact) mass is 458 g/mol. The van der Waals surface area contributed by atoms with Crippen molar-refractivity contribution in [3.63, 3.8) is 0 Å². The Balaban J connectivity index is 0.000000262. The number of carbonyl (C=O) groups excluding carboxylic acids is 1. The van der Waals surface area contributed by atoms with Crippen molar-refractivity contribution in [1.29, 1.82) is 0 Å². The highest BCUT2D eigenvalue weighted by atomic mass is 19.1. The van der Waals surface area contributed by atoms with Crippen molar-refractivity contribution in [1.82, 2.24) is 0 Å². The summed E-state index contributed by atoms with van der Waals surface area (Å²) in [5, 5.41) is 8.94. The molecule has 0 spiro atoms. The number of hydrogen-bond donors (Lipinski definition) is 1. The second-order valence-electron chi connectivity index (χ2n) is 8.57. The molecule has 33 heavy (non-hydrogen) atoms. The Morgan fingerprint density at radius 3 is 2.12 bits per heavy atom. The van der Waals surface area contributed by atoms with Gasteiger partial charge in [0, 0.05) is 0 Å². The fourth-order valence-electron chi connectivity index (χ4n) is 3.29. The van der Waals surface area contributed by atoms with Crippen LogP contribution in [0.5, 0.6) is 11.5 Å². The molecule has 2 saturated carbocycles. The fraction of sp³-hybridized carbons (Fsp3) is 0.481. The molecule has 0 aliphatic heterocycles. The normalized spacial score (nSPS) is 15.6. The molecule has 180 valence electrons. The summed E-state index contributed by atoms with van der Waals surface area (Å²) in [6.45, 7) is 1.67. The van der Waals surface area contributed by atoms with E-state index in [0.29, 0.717) is 17.9 Å². The maximum atomic E-state index is 12.2. The van der Waals surface area contributed by atoms with Crippen molar-refractivity contribution in [2.45, 2.75) is 64.7 Å². The lowest BCUT2D eigenvalue weighted by molar-refractivity contribution is -0.141. The van der Waals surface area contributed by atoms with Gasteiger partial charge in [-0.1, -0.05) is 57.6 Å². The van der Waals surface area contributed by atoms with Crippen molar-refractivity contribution in [2.24, 2.45) is 11.8 Å². The van der Waals surface area contributed by atoms with Gasteiger partial charge in [0.05, 0.1) is 18.9 Å². The van der Waals surface area contributed by atoms with Crippen LogP contribution < -0.4 is 9.47 Å². The van der Waals surface area contributed by atoms with Crippen LogP contribution in [0.2, 0.25) is 0 Å². The van der Waals surface area contributed by atoms with E-state index < -0.39 is 11.9 Å². The SMILES string of the molecule is C1CC1.CC(Cc1cccc(OC(=O)C2CCCCC2)c1)C(=O)O.COc1ccc(F)cc1. The number of carbonyl (C=O) groups is 2. The number of aliphatic carboxylic acids is 1. The molecule has 2 fully saturated rings. The summed E-state index contributed by atoms with van der Waals surface area (Å²) in [6, 6.07) is 13.0. The molecule has 2 aliphatic rings. The lowest BCUT2D eigenvalue weighted by Gasteiger charge is -2.19. The van der Waals surface area contributed by atoms with Gasteiger partial charge in [0.1, 0.15) is 17.3 Å². The van der Waals surface area contributed by atoms with E-state index in [9.17, 15) is 14.0 Å². The molecule has 4 rings (SSSR count). The number of ether oxygens (including phenoxy) is 2. The standard InChI is InChI=1S/C17H22O4.C7H7FO.C3H6/c1-12(16(18)19)10-13-6-5-9-15(11-13)21-17(20)14-7-3-2-4-8-14;1-9-7-4-2-6(8)3-5-7;1-2-3-1/h5-6,9,11-12,14H,2-4,7-8,10H2,1H3,(H,18,19);2-5H,1H3;1-3H2. The number of methoxy groups -OCH3 is 1. The van der Waals surface area contributed by atoms with Gasteiger partial charge in [-0.2, -0.15) is 0 Å². The zero-order valence-corrected chi connectivity index (χ0v) is 19.6. The Kier molecular flexibility index (Phi) is 11.4. The van der Waals surface area contributed by atoms with Gasteiger partial charge in [-0.25, -0.2) is 4.39 Å². The van der Waals surface area contributed by atoms with E-state index in [4.69, 9.17) is 14.6 Å². The summed E-state index contributed by atoms with van der Waals surface area (Å²) >= 11 is 0. The van der Waals surface area contributed by atoms with E-state index in [-0.39, 0.29) is 17.7 Å². The second kappa shape index (κ2) is 14.3. The summed E-state index contributed by atoms with van der Waals surface area (Å²) in [5.74, 6) is -0.458. The molecule has 0 amide bonds. The van der Waals surface area contributed by atoms with Gasteiger partial charge in [-0.3, -0.25) is 9.59 Å². The maximum Gasteiger partial charge on any atom is 0.314 e. The third kappa shape index (κ3) is 11.0. The highest BCUT2D eigenvalue weighted by Crippen LogP contribution is 2.26. The van der Waals surface area contributed by atoms with Gasteiger partial charge in [0.25, 0.3) is 0 Å². The number of carboxylic acids is 1. The Bertz CT molecular complexity index is 854. The minimum atomic E-state index is -0.820. The Morgan fingerprint density at radius 2 is 1.58 bits per heavy atom. The molecule has 2 aromatic rings. The minimum absolute atomic E-state index is 0.0142. The van der Waals surface area contributed by atoms with Crippen LogP contribution in [-0.2, 0) is 16.0 Å². The number of carboxylic acid groups (broad SMARTS) is 1. The molecular formula is C27H35FO5. The zero-order valence-electron chi connectivity index (χ0n) is 19.6. The van der Waals surface area contributed by atoms with Crippen LogP contribution in [0.15, 0.2) is 48.5 Å². The van der Waals surface area contributed by atoms with E-state index in [2.05, 4.69) is 0 Å². The number of esters is 1. The lowest BCUT2D eigenvalue weighted by Crippen LogP contribution is -2.22. The molecule has 2 aromatic carbocycles. The molecule has 1 N–H and O–H groups in total. The average Bonchev–Trinajstić information content (AvgIpc) is 3.70. The van der Waals surface area contributed by atoms with Crippen molar-refractivity contribution in [3.8, 4) is 11.5 Å². The highest BCUT2D eigenvalue weighted by Gasteiger charge is 2.23. The van der Waals surface area contributed by atoms with Gasteiger partial charge >= 0.3 is 11.9 Å². The Hall–Kier alpha value is -2.89. The molecule has 0 radical (unpaired) electrons. The molecule has 0 saturated heterocycles. The molecule has 6 heteroatoms. The van der Waals surface area contributed by atoms with Crippen LogP contribution in [0.4, 0.5) is 4.39 Å². The molecule has 0 aromatic heterocycles. The topological polar surface area (TPSA) is 72.8 Å². The van der Waals surface area contributed by atoms with E-state index >= 15 is 0 Å². The van der Waals surface area contributed by atoms with Crippen LogP contribution in [0.1, 0.15) is 63.9 Å². The summed E-state index contributed by atoms with van der Waals surface area (Å²) < 4.78 is 22.4. The molecule has 0 heterocycles. The summed E-state index contributed by atoms with van der Waals surface area (Å²) in [7, 11) is 1.55. The number of benzene rings is 2. The first-order chi connectivity index (χ1) is 15.9. The van der Waals surface area contributed by atoms with Crippen LogP contribution in [-0.4, -0.2) is 24.2 Å². The molecule has 2 aliphatic carbocycles. The third-order valence-corrected chi connectivity index (χ3v) is 5.42. The van der Waals surface area contributed by atoms with E-state index in [0.717, 1.165) is 31.2 Å². The largest absolute Gasteiger partial charge is 0.497 e. The molecule has 1 unspecified atom stereocenters. The fourth-order valence-corrected chi connectivity index (χ4v) is 3.29. The second-order valence-corrected chi connectivity index (χ2v) is 8.57. The Labute approximate surface area is 195 Å². The number of halogens is 1. The first-order valence-electron chi connectivity index (χ1n) is 11.7. The third-order valence-electron chi connectivity index (χ3n) is 5.42. The van der Waals surface area contributed by atoms with Gasteiger partial charge < -0.3 is 14.6 Å². The summed E-state index contributed by atoms with van der Waals surface area (Å²) in [5.41, 5.74) is 0.874. The summed E-state index contributed by atoms with van der Waals surface area (Å²) in [6.07, 6.45) is 10.1. The predicted molar refractivity (Wildman–Crippen MR) is 126 cm³/mol. The number of hydrogen-bond acceptors (Lipinski definition) is 4. The van der Waals surface area contributed by atoms with E-state index in [1.54, 1.807) is 44.4 Å². The first kappa shape index (κ1) is 26.4. The molecular weight excluding hydrogens is 423 g/mol. The van der Waals surface area contributed by atoms with E-state index in [1.165, 1.54) is 37.8 Å². The average molecular weight is 459 g/mol. The van der Waals surface area contributed by atoms with Crippen LogP contribution in [0.3, 0.4) is 0 Å².